The van der Waals surface area contributed by atoms with Crippen molar-refractivity contribution in [1.82, 2.24) is 9.97 Å². The number of aromatic amines is 1. The second kappa shape index (κ2) is 4.81. The molecule has 0 unspecified atom stereocenters. The highest BCUT2D eigenvalue weighted by molar-refractivity contribution is 5.84. The molecule has 5 nitrogen and oxygen atoms in total. The summed E-state index contributed by atoms with van der Waals surface area (Å²) in [6, 6.07) is 14.7. The number of hydrazone groups is 1. The van der Waals surface area contributed by atoms with Crippen LogP contribution >= 0.6 is 0 Å². The molecule has 1 aromatic heterocycles. The minimum absolute atomic E-state index is 0.192. The Morgan fingerprint density at radius 2 is 1.89 bits per heavy atom. The number of nitrogens with zero attached hydrogens (tertiary/aromatic N) is 2. The van der Waals surface area contributed by atoms with Crippen molar-refractivity contribution in [2.24, 2.45) is 5.10 Å². The zero-order chi connectivity index (χ0) is 13.1. The maximum atomic E-state index is 9.58. The quantitative estimate of drug-likeness (QED) is 0.495. The highest BCUT2D eigenvalue weighted by Crippen LogP contribution is 2.14. The molecule has 19 heavy (non-hydrogen) atoms. The van der Waals surface area contributed by atoms with Gasteiger partial charge in [0.15, 0.2) is 0 Å². The lowest BCUT2D eigenvalue weighted by atomic mass is 10.2. The highest BCUT2D eigenvalue weighted by Gasteiger charge is 1.99. The van der Waals surface area contributed by atoms with E-state index in [9.17, 15) is 5.11 Å². The minimum Gasteiger partial charge on any atom is -0.507 e. The smallest absolute Gasteiger partial charge is 0.222 e. The van der Waals surface area contributed by atoms with Crippen LogP contribution in [-0.4, -0.2) is 21.3 Å². The van der Waals surface area contributed by atoms with E-state index in [1.807, 2.05) is 30.3 Å². The summed E-state index contributed by atoms with van der Waals surface area (Å²) in [5.74, 6) is 0.755. The number of H-pyrrole nitrogens is 1. The molecule has 0 aliphatic heterocycles. The Morgan fingerprint density at radius 1 is 1.11 bits per heavy atom. The molecule has 0 saturated heterocycles. The molecule has 0 fully saturated rings. The van der Waals surface area contributed by atoms with E-state index in [2.05, 4.69) is 20.5 Å². The predicted molar refractivity (Wildman–Crippen MR) is 75.4 cm³/mol. The summed E-state index contributed by atoms with van der Waals surface area (Å²) >= 11 is 0. The monoisotopic (exact) mass is 252 g/mol. The fourth-order valence-electron chi connectivity index (χ4n) is 1.77. The molecule has 0 atom stereocenters. The van der Waals surface area contributed by atoms with Crippen molar-refractivity contribution in [3.8, 4) is 5.75 Å². The SMILES string of the molecule is Oc1ccccc1C=NNc1nc2ccccc2[nH]1. The van der Waals surface area contributed by atoms with Crippen LogP contribution in [0.3, 0.4) is 0 Å². The molecule has 0 aliphatic rings. The largest absolute Gasteiger partial charge is 0.507 e. The van der Waals surface area contributed by atoms with Gasteiger partial charge in [0.1, 0.15) is 5.75 Å². The van der Waals surface area contributed by atoms with Gasteiger partial charge in [-0.15, -0.1) is 0 Å². The average Bonchev–Trinajstić information content (AvgIpc) is 2.83. The van der Waals surface area contributed by atoms with Gasteiger partial charge >= 0.3 is 0 Å². The lowest BCUT2D eigenvalue weighted by Crippen LogP contribution is -1.92. The summed E-state index contributed by atoms with van der Waals surface area (Å²) in [5.41, 5.74) is 5.27. The van der Waals surface area contributed by atoms with Gasteiger partial charge in [0.05, 0.1) is 17.2 Å². The first-order chi connectivity index (χ1) is 9.33. The molecule has 1 heterocycles. The molecule has 2 aromatic carbocycles. The van der Waals surface area contributed by atoms with E-state index in [4.69, 9.17) is 0 Å². The van der Waals surface area contributed by atoms with E-state index in [0.717, 1.165) is 11.0 Å². The van der Waals surface area contributed by atoms with E-state index in [-0.39, 0.29) is 5.75 Å². The molecule has 94 valence electrons. The number of hydrogen-bond acceptors (Lipinski definition) is 4. The lowest BCUT2D eigenvalue weighted by Gasteiger charge is -1.97. The molecular formula is C14H12N4O. The van der Waals surface area contributed by atoms with Gasteiger partial charge in [-0.25, -0.2) is 10.4 Å². The van der Waals surface area contributed by atoms with Crippen LogP contribution in [0.1, 0.15) is 5.56 Å². The summed E-state index contributed by atoms with van der Waals surface area (Å²) < 4.78 is 0. The number of rotatable bonds is 3. The van der Waals surface area contributed by atoms with Gasteiger partial charge in [0.2, 0.25) is 5.95 Å². The Kier molecular flexibility index (Phi) is 2.86. The third-order valence-corrected chi connectivity index (χ3v) is 2.70. The van der Waals surface area contributed by atoms with Crippen molar-refractivity contribution in [3.63, 3.8) is 0 Å². The van der Waals surface area contributed by atoms with Crippen LogP contribution in [0.25, 0.3) is 11.0 Å². The second-order valence-electron chi connectivity index (χ2n) is 4.03. The topological polar surface area (TPSA) is 73.3 Å². The van der Waals surface area contributed by atoms with Crippen LogP contribution < -0.4 is 5.43 Å². The molecule has 0 saturated carbocycles. The van der Waals surface area contributed by atoms with Gasteiger partial charge in [0, 0.05) is 5.56 Å². The first kappa shape index (κ1) is 11.3. The minimum atomic E-state index is 0.192. The third-order valence-electron chi connectivity index (χ3n) is 2.70. The van der Waals surface area contributed by atoms with Crippen molar-refractivity contribution >= 4 is 23.2 Å². The number of imidazole rings is 1. The predicted octanol–water partition coefficient (Wildman–Crippen LogP) is 2.71. The van der Waals surface area contributed by atoms with Crippen LogP contribution in [0, 0.1) is 0 Å². The molecule has 0 radical (unpaired) electrons. The summed E-state index contributed by atoms with van der Waals surface area (Å²) in [5, 5.41) is 13.6. The summed E-state index contributed by atoms with van der Waals surface area (Å²) in [6.07, 6.45) is 1.54. The third kappa shape index (κ3) is 2.40. The van der Waals surface area contributed by atoms with Gasteiger partial charge in [-0.05, 0) is 24.3 Å². The molecule has 5 heteroatoms. The number of nitrogens with one attached hydrogen (secondary N) is 2. The molecule has 3 N–H and O–H groups in total. The van der Waals surface area contributed by atoms with E-state index in [1.54, 1.807) is 24.4 Å². The van der Waals surface area contributed by atoms with Crippen LogP contribution in [0.4, 0.5) is 5.95 Å². The van der Waals surface area contributed by atoms with Crippen molar-refractivity contribution in [2.75, 3.05) is 5.43 Å². The Labute approximate surface area is 109 Å². The Balaban J connectivity index is 1.77. The number of hydrogen-bond donors (Lipinski definition) is 3. The fourth-order valence-corrected chi connectivity index (χ4v) is 1.77. The normalized spacial score (nSPS) is 11.2. The molecule has 3 rings (SSSR count). The van der Waals surface area contributed by atoms with Crippen molar-refractivity contribution in [3.05, 3.63) is 54.1 Å². The van der Waals surface area contributed by atoms with Crippen molar-refractivity contribution in [2.45, 2.75) is 0 Å². The maximum absolute atomic E-state index is 9.58. The molecule has 0 spiro atoms. The Morgan fingerprint density at radius 3 is 2.74 bits per heavy atom. The van der Waals surface area contributed by atoms with Gasteiger partial charge in [0.25, 0.3) is 0 Å². The van der Waals surface area contributed by atoms with E-state index in [1.165, 1.54) is 0 Å². The maximum Gasteiger partial charge on any atom is 0.222 e. The zero-order valence-electron chi connectivity index (χ0n) is 10.0. The number of phenols is 1. The first-order valence-electron chi connectivity index (χ1n) is 5.85. The summed E-state index contributed by atoms with van der Waals surface area (Å²) in [7, 11) is 0. The van der Waals surface area contributed by atoms with Gasteiger partial charge < -0.3 is 10.1 Å². The highest BCUT2D eigenvalue weighted by atomic mass is 16.3. The van der Waals surface area contributed by atoms with Crippen molar-refractivity contribution in [1.29, 1.82) is 0 Å². The lowest BCUT2D eigenvalue weighted by molar-refractivity contribution is 0.474. The number of anilines is 1. The average molecular weight is 252 g/mol. The van der Waals surface area contributed by atoms with Gasteiger partial charge in [-0.1, -0.05) is 24.3 Å². The number of para-hydroxylation sites is 3. The number of benzene rings is 2. The van der Waals surface area contributed by atoms with E-state index >= 15 is 0 Å². The number of phenolic OH excluding ortho intramolecular Hbond substituents is 1. The zero-order valence-corrected chi connectivity index (χ0v) is 10.0. The molecular weight excluding hydrogens is 240 g/mol. The standard InChI is InChI=1S/C14H12N4O/c19-13-8-4-1-5-10(13)9-15-18-14-16-11-6-2-3-7-12(11)17-14/h1-9,19H,(H2,16,17,18). The van der Waals surface area contributed by atoms with Crippen LogP contribution in [0.15, 0.2) is 53.6 Å². The number of aromatic hydroxyl groups is 1. The van der Waals surface area contributed by atoms with Crippen LogP contribution in [-0.2, 0) is 0 Å². The van der Waals surface area contributed by atoms with Crippen LogP contribution in [0.2, 0.25) is 0 Å². The van der Waals surface area contributed by atoms with Crippen molar-refractivity contribution < 1.29 is 5.11 Å². The fraction of sp³-hybridized carbons (Fsp3) is 0. The summed E-state index contributed by atoms with van der Waals surface area (Å²) in [6.45, 7) is 0. The number of aromatic nitrogens is 2. The molecule has 0 bridgehead atoms. The molecule has 0 amide bonds. The second-order valence-corrected chi connectivity index (χ2v) is 4.03. The Bertz CT molecular complexity index is 700. The molecule has 0 aliphatic carbocycles. The van der Waals surface area contributed by atoms with Crippen LogP contribution in [0.5, 0.6) is 5.75 Å². The van der Waals surface area contributed by atoms with Gasteiger partial charge in [-0.3, -0.25) is 0 Å². The summed E-state index contributed by atoms with van der Waals surface area (Å²) in [4.78, 5) is 7.42. The number of fused-ring (bicyclic) bond motifs is 1. The first-order valence-corrected chi connectivity index (χ1v) is 5.85. The van der Waals surface area contributed by atoms with E-state index in [0.29, 0.717) is 11.5 Å². The van der Waals surface area contributed by atoms with E-state index < -0.39 is 0 Å². The Hall–Kier alpha value is -2.82. The van der Waals surface area contributed by atoms with Gasteiger partial charge in [-0.2, -0.15) is 5.10 Å². The molecule has 3 aromatic rings.